The minimum Gasteiger partial charge on any atom is -0.549 e. The molecule has 17 heavy (non-hydrogen) atoms. The molecule has 1 heterocycles. The van der Waals surface area contributed by atoms with Gasteiger partial charge in [-0.15, -0.1) is 11.8 Å². The molecule has 4 nitrogen and oxygen atoms in total. The molecular weight excluding hydrogens is 260 g/mol. The van der Waals surface area contributed by atoms with Crippen LogP contribution >= 0.6 is 23.4 Å². The molecular formula is C11H8ClN2O2S-. The number of carbonyl (C=O) groups is 1. The molecule has 0 bridgehead atoms. The molecule has 0 spiro atoms. The molecule has 1 N–H and O–H groups in total. The maximum atomic E-state index is 10.4. The number of carboxylic acid groups (broad SMARTS) is 1. The van der Waals surface area contributed by atoms with Gasteiger partial charge in [0, 0.05) is 16.2 Å². The highest BCUT2D eigenvalue weighted by Crippen LogP contribution is 2.31. The van der Waals surface area contributed by atoms with Crippen LogP contribution < -0.4 is 5.11 Å². The van der Waals surface area contributed by atoms with Crippen molar-refractivity contribution in [3.8, 4) is 11.3 Å². The second-order valence-corrected chi connectivity index (χ2v) is 4.70. The molecule has 1 aromatic heterocycles. The van der Waals surface area contributed by atoms with Crippen molar-refractivity contribution in [2.75, 3.05) is 5.75 Å². The third kappa shape index (κ3) is 3.01. The Labute approximate surface area is 107 Å². The third-order valence-corrected chi connectivity index (χ3v) is 3.56. The quantitative estimate of drug-likeness (QED) is 0.854. The summed E-state index contributed by atoms with van der Waals surface area (Å²) in [5.41, 5.74) is 1.77. The van der Waals surface area contributed by atoms with Crippen LogP contribution in [0.3, 0.4) is 0 Å². The summed E-state index contributed by atoms with van der Waals surface area (Å²) >= 11 is 7.12. The molecule has 0 fully saturated rings. The molecule has 0 amide bonds. The van der Waals surface area contributed by atoms with Gasteiger partial charge in [-0.2, -0.15) is 0 Å². The van der Waals surface area contributed by atoms with Crippen molar-refractivity contribution >= 4 is 29.3 Å². The molecule has 0 saturated heterocycles. The number of hydrogen-bond acceptors (Lipinski definition) is 4. The zero-order valence-corrected chi connectivity index (χ0v) is 10.2. The van der Waals surface area contributed by atoms with Crippen LogP contribution in [-0.4, -0.2) is 21.7 Å². The zero-order chi connectivity index (χ0) is 12.3. The molecule has 6 heteroatoms. The van der Waals surface area contributed by atoms with Crippen LogP contribution in [-0.2, 0) is 4.79 Å². The Hall–Kier alpha value is -1.46. The van der Waals surface area contributed by atoms with E-state index in [1.807, 2.05) is 12.1 Å². The van der Waals surface area contributed by atoms with Crippen molar-refractivity contribution in [3.05, 3.63) is 35.7 Å². The minimum absolute atomic E-state index is 0.119. The number of H-pyrrole nitrogens is 1. The first-order valence-corrected chi connectivity index (χ1v) is 6.14. The summed E-state index contributed by atoms with van der Waals surface area (Å²) < 4.78 is 0. The number of aromatic amines is 1. The summed E-state index contributed by atoms with van der Waals surface area (Å²) in [6, 6.07) is 5.40. The normalized spacial score (nSPS) is 10.4. The van der Waals surface area contributed by atoms with Crippen LogP contribution in [0.25, 0.3) is 11.3 Å². The van der Waals surface area contributed by atoms with Gasteiger partial charge in [0.05, 0.1) is 29.2 Å². The van der Waals surface area contributed by atoms with E-state index >= 15 is 0 Å². The monoisotopic (exact) mass is 267 g/mol. The van der Waals surface area contributed by atoms with Crippen molar-refractivity contribution in [2.45, 2.75) is 4.90 Å². The number of benzene rings is 1. The smallest absolute Gasteiger partial charge is 0.0924 e. The van der Waals surface area contributed by atoms with Crippen molar-refractivity contribution in [2.24, 2.45) is 0 Å². The van der Waals surface area contributed by atoms with E-state index in [0.717, 1.165) is 23.0 Å². The predicted octanol–water partition coefficient (Wildman–Crippen LogP) is 1.57. The summed E-state index contributed by atoms with van der Waals surface area (Å²) in [7, 11) is 0. The Morgan fingerprint density at radius 2 is 2.35 bits per heavy atom. The Bertz CT molecular complexity index is 528. The molecule has 0 aliphatic carbocycles. The number of nitrogens with one attached hydrogen (secondary N) is 1. The average molecular weight is 268 g/mol. The Kier molecular flexibility index (Phi) is 3.71. The van der Waals surface area contributed by atoms with Gasteiger partial charge < -0.3 is 14.9 Å². The van der Waals surface area contributed by atoms with Gasteiger partial charge >= 0.3 is 0 Å². The van der Waals surface area contributed by atoms with Gasteiger partial charge in [-0.05, 0) is 12.1 Å². The lowest BCUT2D eigenvalue weighted by atomic mass is 10.2. The number of imidazole rings is 1. The van der Waals surface area contributed by atoms with E-state index in [0.29, 0.717) is 9.92 Å². The number of carboxylic acids is 1. The van der Waals surface area contributed by atoms with E-state index in [2.05, 4.69) is 9.97 Å². The van der Waals surface area contributed by atoms with Crippen molar-refractivity contribution in [1.82, 2.24) is 9.97 Å². The lowest BCUT2D eigenvalue weighted by Crippen LogP contribution is -2.24. The lowest BCUT2D eigenvalue weighted by Gasteiger charge is -2.07. The molecule has 2 rings (SSSR count). The Balaban J connectivity index is 2.26. The van der Waals surface area contributed by atoms with Crippen LogP contribution in [0.5, 0.6) is 0 Å². The number of carbonyl (C=O) groups excluding carboxylic acids is 1. The van der Waals surface area contributed by atoms with E-state index in [1.54, 1.807) is 18.6 Å². The van der Waals surface area contributed by atoms with Crippen LogP contribution in [0.4, 0.5) is 0 Å². The van der Waals surface area contributed by atoms with Gasteiger partial charge in [-0.1, -0.05) is 17.7 Å². The maximum Gasteiger partial charge on any atom is 0.0924 e. The van der Waals surface area contributed by atoms with Gasteiger partial charge in [0.2, 0.25) is 0 Å². The van der Waals surface area contributed by atoms with Crippen LogP contribution in [0.1, 0.15) is 0 Å². The molecule has 0 saturated carbocycles. The van der Waals surface area contributed by atoms with E-state index in [1.165, 1.54) is 0 Å². The van der Waals surface area contributed by atoms with Crippen molar-refractivity contribution < 1.29 is 9.90 Å². The Morgan fingerprint density at radius 3 is 3.00 bits per heavy atom. The number of nitrogens with zero attached hydrogens (tertiary/aromatic N) is 1. The van der Waals surface area contributed by atoms with Crippen molar-refractivity contribution in [1.29, 1.82) is 0 Å². The van der Waals surface area contributed by atoms with E-state index in [-0.39, 0.29) is 5.75 Å². The Morgan fingerprint density at radius 1 is 1.53 bits per heavy atom. The fraction of sp³-hybridized carbons (Fsp3) is 0.0909. The summed E-state index contributed by atoms with van der Waals surface area (Å²) in [4.78, 5) is 18.0. The highest BCUT2D eigenvalue weighted by Gasteiger charge is 2.05. The van der Waals surface area contributed by atoms with Crippen molar-refractivity contribution in [3.63, 3.8) is 0 Å². The second kappa shape index (κ2) is 5.25. The molecule has 0 atom stereocenters. The van der Waals surface area contributed by atoms with E-state index in [4.69, 9.17) is 11.6 Å². The third-order valence-electron chi connectivity index (χ3n) is 2.09. The van der Waals surface area contributed by atoms with Gasteiger partial charge in [0.1, 0.15) is 0 Å². The molecule has 88 valence electrons. The molecule has 1 aromatic carbocycles. The molecule has 0 radical (unpaired) electrons. The number of hydrogen-bond donors (Lipinski definition) is 1. The SMILES string of the molecule is O=C([O-])CSc1cc(-c2cnc[nH]2)ccc1Cl. The van der Waals surface area contributed by atoms with Gasteiger partial charge in [-0.3, -0.25) is 0 Å². The lowest BCUT2D eigenvalue weighted by molar-refractivity contribution is -0.301. The first kappa shape index (κ1) is 12.0. The summed E-state index contributed by atoms with van der Waals surface area (Å²) in [6.45, 7) is 0. The number of aliphatic carboxylic acids is 1. The largest absolute Gasteiger partial charge is 0.549 e. The highest BCUT2D eigenvalue weighted by atomic mass is 35.5. The van der Waals surface area contributed by atoms with Gasteiger partial charge in [0.25, 0.3) is 0 Å². The predicted molar refractivity (Wildman–Crippen MR) is 64.8 cm³/mol. The summed E-state index contributed by atoms with van der Waals surface area (Å²) in [5.74, 6) is -1.23. The number of rotatable bonds is 4. The highest BCUT2D eigenvalue weighted by molar-refractivity contribution is 8.00. The average Bonchev–Trinajstić information content (AvgIpc) is 2.81. The van der Waals surface area contributed by atoms with Gasteiger partial charge in [-0.25, -0.2) is 4.98 Å². The minimum atomic E-state index is -1.11. The molecule has 0 aliphatic rings. The number of halogens is 1. The second-order valence-electron chi connectivity index (χ2n) is 3.27. The molecule has 0 unspecified atom stereocenters. The maximum absolute atomic E-state index is 10.4. The van der Waals surface area contributed by atoms with Crippen LogP contribution in [0.15, 0.2) is 35.6 Å². The fourth-order valence-electron chi connectivity index (χ4n) is 1.33. The summed E-state index contributed by atoms with van der Waals surface area (Å²) in [5, 5.41) is 10.9. The molecule has 0 aliphatic heterocycles. The van der Waals surface area contributed by atoms with E-state index < -0.39 is 5.97 Å². The van der Waals surface area contributed by atoms with Gasteiger partial charge in [0.15, 0.2) is 0 Å². The van der Waals surface area contributed by atoms with Crippen LogP contribution in [0.2, 0.25) is 5.02 Å². The van der Waals surface area contributed by atoms with Crippen LogP contribution in [0, 0.1) is 0 Å². The van der Waals surface area contributed by atoms with E-state index in [9.17, 15) is 9.90 Å². The fourth-order valence-corrected chi connectivity index (χ4v) is 2.30. The first-order chi connectivity index (χ1) is 8.16. The number of aromatic nitrogens is 2. The zero-order valence-electron chi connectivity index (χ0n) is 8.64. The first-order valence-electron chi connectivity index (χ1n) is 4.78. The standard InChI is InChI=1S/C11H9ClN2O2S/c12-8-2-1-7(9-4-13-6-14-9)3-10(8)17-5-11(15)16/h1-4,6H,5H2,(H,13,14)(H,15,16)/p-1. The summed E-state index contributed by atoms with van der Waals surface area (Å²) in [6.07, 6.45) is 3.27. The number of thioether (sulfide) groups is 1. The molecule has 2 aromatic rings. The topological polar surface area (TPSA) is 68.8 Å².